The van der Waals surface area contributed by atoms with Crippen LogP contribution in [0.25, 0.3) is 0 Å². The first-order valence-electron chi connectivity index (χ1n) is 4.05. The Hall–Kier alpha value is -0.265. The van der Waals surface area contributed by atoms with E-state index in [4.69, 9.17) is 7.85 Å². The molecule has 0 spiro atoms. The lowest BCUT2D eigenvalue weighted by Crippen LogP contribution is -1.77. The van der Waals surface area contributed by atoms with Crippen LogP contribution in [0.2, 0.25) is 6.32 Å². The molecule has 0 N–H and O–H groups in total. The largest absolute Gasteiger partial charge is 0.303 e. The van der Waals surface area contributed by atoms with Gasteiger partial charge in [-0.15, -0.1) is 0 Å². The van der Waals surface area contributed by atoms with Crippen molar-refractivity contribution in [1.29, 1.82) is 0 Å². The summed E-state index contributed by atoms with van der Waals surface area (Å²) in [6, 6.07) is 0. The molecule has 2 heteroatoms. The highest BCUT2D eigenvalue weighted by atomic mass is 16.1. The third kappa shape index (κ3) is 15.6. The molecule has 0 saturated heterocycles. The van der Waals surface area contributed by atoms with Crippen LogP contribution in [0.4, 0.5) is 0 Å². The highest BCUT2D eigenvalue weighted by Crippen LogP contribution is 1.98. The predicted octanol–water partition coefficient (Wildman–Crippen LogP) is 2.36. The molecule has 0 aromatic rings. The Morgan fingerprint density at radius 3 is 2.20 bits per heavy atom. The van der Waals surface area contributed by atoms with Crippen LogP contribution in [-0.2, 0) is 4.79 Å². The monoisotopic (exact) mass is 140 g/mol. The average Bonchev–Trinajstić information content (AvgIpc) is 2.02. The van der Waals surface area contributed by atoms with E-state index in [0.717, 1.165) is 31.9 Å². The lowest BCUT2D eigenvalue weighted by atomic mass is 9.99. The summed E-state index contributed by atoms with van der Waals surface area (Å²) < 4.78 is 0. The minimum Gasteiger partial charge on any atom is -0.303 e. The maximum Gasteiger partial charge on any atom is 0.119 e. The first kappa shape index (κ1) is 12.4. The van der Waals surface area contributed by atoms with Gasteiger partial charge in [0.1, 0.15) is 6.29 Å². The fourth-order valence-electron chi connectivity index (χ4n) is 0.549. The molecular formula is C8H17BO. The zero-order valence-corrected chi connectivity index (χ0v) is 7.10. The van der Waals surface area contributed by atoms with Crippen molar-refractivity contribution in [3.05, 3.63) is 0 Å². The fourth-order valence-corrected chi connectivity index (χ4v) is 0.549. The molecule has 0 aliphatic rings. The maximum absolute atomic E-state index is 9.74. The molecule has 0 aromatic carbocycles. The van der Waals surface area contributed by atoms with Crippen molar-refractivity contribution >= 4 is 14.1 Å². The van der Waals surface area contributed by atoms with E-state index in [9.17, 15) is 4.79 Å². The smallest absolute Gasteiger partial charge is 0.119 e. The first-order valence-corrected chi connectivity index (χ1v) is 4.05. The quantitative estimate of drug-likeness (QED) is 0.325. The minimum atomic E-state index is 0.694. The second kappa shape index (κ2) is 15.9. The molecule has 2 radical (unpaired) electrons. The summed E-state index contributed by atoms with van der Waals surface area (Å²) in [7, 11) is 5.22. The van der Waals surface area contributed by atoms with E-state index in [1.807, 2.05) is 13.8 Å². The number of unbranched alkanes of at least 4 members (excludes halogenated alkanes) is 3. The second-order valence-electron chi connectivity index (χ2n) is 1.80. The van der Waals surface area contributed by atoms with E-state index in [0.29, 0.717) is 6.42 Å². The minimum absolute atomic E-state index is 0.694. The van der Waals surface area contributed by atoms with Crippen LogP contribution in [0.15, 0.2) is 0 Å². The third-order valence-corrected chi connectivity index (χ3v) is 1.03. The molecule has 0 aromatic heterocycles. The van der Waals surface area contributed by atoms with Crippen molar-refractivity contribution in [2.24, 2.45) is 0 Å². The first-order chi connectivity index (χ1) is 4.91. The predicted molar refractivity (Wildman–Crippen MR) is 46.4 cm³/mol. The Morgan fingerprint density at radius 2 is 1.80 bits per heavy atom. The van der Waals surface area contributed by atoms with Gasteiger partial charge >= 0.3 is 0 Å². The van der Waals surface area contributed by atoms with Crippen LogP contribution in [0.1, 0.15) is 39.5 Å². The average molecular weight is 140 g/mol. The number of hydrogen-bond acceptors (Lipinski definition) is 1. The van der Waals surface area contributed by atoms with Gasteiger partial charge in [0.05, 0.1) is 7.85 Å². The molecule has 0 fully saturated rings. The van der Waals surface area contributed by atoms with Crippen molar-refractivity contribution < 1.29 is 4.79 Å². The Bertz CT molecular complexity index is 55.2. The number of aldehydes is 1. The van der Waals surface area contributed by atoms with Gasteiger partial charge in [0.2, 0.25) is 0 Å². The summed E-state index contributed by atoms with van der Waals surface area (Å²) in [5, 5.41) is 0. The molecule has 0 amide bonds. The summed E-state index contributed by atoms with van der Waals surface area (Å²) in [5.41, 5.74) is 0. The Labute approximate surface area is 65.6 Å². The van der Waals surface area contributed by atoms with Crippen molar-refractivity contribution in [2.45, 2.75) is 45.9 Å². The van der Waals surface area contributed by atoms with E-state index in [-0.39, 0.29) is 0 Å². The summed E-state index contributed by atoms with van der Waals surface area (Å²) in [6.45, 7) is 4.00. The van der Waals surface area contributed by atoms with Crippen LogP contribution in [0, 0.1) is 0 Å². The Kier molecular flexibility index (Phi) is 19.7. The van der Waals surface area contributed by atoms with Crippen LogP contribution in [0.3, 0.4) is 0 Å². The lowest BCUT2D eigenvalue weighted by Gasteiger charge is -1.90. The molecular weight excluding hydrogens is 123 g/mol. The Balaban J connectivity index is 0. The van der Waals surface area contributed by atoms with E-state index in [1.165, 1.54) is 0 Å². The second-order valence-corrected chi connectivity index (χ2v) is 1.80. The highest BCUT2D eigenvalue weighted by Gasteiger charge is 1.83. The summed E-state index contributed by atoms with van der Waals surface area (Å²) in [6.07, 6.45) is 5.54. The van der Waals surface area contributed by atoms with Gasteiger partial charge in [-0.1, -0.05) is 33.0 Å². The Morgan fingerprint density at radius 1 is 1.20 bits per heavy atom. The summed E-state index contributed by atoms with van der Waals surface area (Å²) >= 11 is 0. The molecule has 0 bridgehead atoms. The number of carbonyl (C=O) groups is 1. The van der Waals surface area contributed by atoms with Crippen LogP contribution >= 0.6 is 0 Å². The van der Waals surface area contributed by atoms with E-state index in [2.05, 4.69) is 0 Å². The topological polar surface area (TPSA) is 17.1 Å². The highest BCUT2D eigenvalue weighted by molar-refractivity contribution is 6.08. The van der Waals surface area contributed by atoms with Gasteiger partial charge in [0.15, 0.2) is 0 Å². The third-order valence-electron chi connectivity index (χ3n) is 1.03. The molecule has 58 valence electrons. The zero-order valence-electron chi connectivity index (χ0n) is 7.10. The fraction of sp³-hybridized carbons (Fsp3) is 0.875. The van der Waals surface area contributed by atoms with E-state index < -0.39 is 0 Å². The van der Waals surface area contributed by atoms with Gasteiger partial charge in [-0.25, -0.2) is 0 Å². The molecule has 0 unspecified atom stereocenters. The van der Waals surface area contributed by atoms with Gasteiger partial charge < -0.3 is 4.79 Å². The maximum atomic E-state index is 9.74. The normalized spacial score (nSPS) is 7.80. The molecule has 1 nitrogen and oxygen atoms in total. The van der Waals surface area contributed by atoms with Crippen molar-refractivity contribution in [1.82, 2.24) is 0 Å². The molecule has 0 saturated carbocycles. The molecule has 0 heterocycles. The SMILES string of the molecule is CC.[B]CCCCCC=O. The molecule has 10 heavy (non-hydrogen) atoms. The number of rotatable bonds is 5. The summed E-state index contributed by atoms with van der Waals surface area (Å²) in [5.74, 6) is 0. The van der Waals surface area contributed by atoms with Crippen LogP contribution < -0.4 is 0 Å². The number of carbonyl (C=O) groups excluding carboxylic acids is 1. The zero-order chi connectivity index (χ0) is 8.24. The van der Waals surface area contributed by atoms with Gasteiger partial charge in [0, 0.05) is 6.42 Å². The van der Waals surface area contributed by atoms with Crippen molar-refractivity contribution in [3.8, 4) is 0 Å². The van der Waals surface area contributed by atoms with Crippen LogP contribution in [0.5, 0.6) is 0 Å². The van der Waals surface area contributed by atoms with Gasteiger partial charge in [-0.3, -0.25) is 0 Å². The molecule has 0 atom stereocenters. The van der Waals surface area contributed by atoms with Gasteiger partial charge in [0.25, 0.3) is 0 Å². The van der Waals surface area contributed by atoms with E-state index in [1.54, 1.807) is 0 Å². The molecule has 0 rings (SSSR count). The van der Waals surface area contributed by atoms with Crippen molar-refractivity contribution in [2.75, 3.05) is 0 Å². The van der Waals surface area contributed by atoms with E-state index >= 15 is 0 Å². The standard InChI is InChI=1S/C6H11BO.C2H6/c7-5-3-1-2-4-6-8;1-2/h6H,1-5H2;1-2H3. The number of hydrogen-bond donors (Lipinski definition) is 0. The van der Waals surface area contributed by atoms with Crippen molar-refractivity contribution in [3.63, 3.8) is 0 Å². The molecule has 0 aliphatic heterocycles. The molecule has 0 aliphatic carbocycles. The van der Waals surface area contributed by atoms with Gasteiger partial charge in [-0.05, 0) is 6.42 Å². The summed E-state index contributed by atoms with van der Waals surface area (Å²) in [4.78, 5) is 9.74. The lowest BCUT2D eigenvalue weighted by molar-refractivity contribution is -0.107. The van der Waals surface area contributed by atoms with Crippen LogP contribution in [-0.4, -0.2) is 14.1 Å². The van der Waals surface area contributed by atoms with Gasteiger partial charge in [-0.2, -0.15) is 0 Å².